The highest BCUT2D eigenvalue weighted by Gasteiger charge is 2.21. The minimum atomic E-state index is -0.184. The summed E-state index contributed by atoms with van der Waals surface area (Å²) in [6.07, 6.45) is 3.24. The van der Waals surface area contributed by atoms with Crippen LogP contribution in [0.4, 0.5) is 11.4 Å². The Morgan fingerprint density at radius 2 is 1.95 bits per heavy atom. The van der Waals surface area contributed by atoms with E-state index in [9.17, 15) is 9.90 Å². The first-order chi connectivity index (χ1) is 9.47. The number of rotatable bonds is 3. The van der Waals surface area contributed by atoms with Crippen LogP contribution >= 0.6 is 0 Å². The molecule has 0 aliphatic heterocycles. The molecular weight excluding hydrogens is 254 g/mol. The second-order valence-corrected chi connectivity index (χ2v) is 5.65. The van der Waals surface area contributed by atoms with Crippen LogP contribution in [0.2, 0.25) is 0 Å². The van der Waals surface area contributed by atoms with E-state index in [1.54, 1.807) is 31.1 Å². The van der Waals surface area contributed by atoms with Gasteiger partial charge in [0.15, 0.2) is 0 Å². The summed E-state index contributed by atoms with van der Waals surface area (Å²) in [5.41, 5.74) is 7.88. The molecule has 0 bridgehead atoms. The third-order valence-corrected chi connectivity index (χ3v) is 3.74. The highest BCUT2D eigenvalue weighted by molar-refractivity contribution is 6.00. The SMILES string of the molecule is CN(C)C(=O)c1ccc(N)cc1NC1CCC(O)CC1. The number of hydrogen-bond donors (Lipinski definition) is 3. The van der Waals surface area contributed by atoms with Crippen molar-refractivity contribution >= 4 is 17.3 Å². The van der Waals surface area contributed by atoms with Crippen molar-refractivity contribution in [1.82, 2.24) is 4.90 Å². The molecular formula is C15H23N3O2. The van der Waals surface area contributed by atoms with Crippen molar-refractivity contribution in [2.24, 2.45) is 0 Å². The molecule has 110 valence electrons. The van der Waals surface area contributed by atoms with Crippen molar-refractivity contribution in [3.8, 4) is 0 Å². The maximum Gasteiger partial charge on any atom is 0.255 e. The van der Waals surface area contributed by atoms with Crippen LogP contribution in [0.15, 0.2) is 18.2 Å². The average molecular weight is 277 g/mol. The van der Waals surface area contributed by atoms with Gasteiger partial charge in [-0.15, -0.1) is 0 Å². The summed E-state index contributed by atoms with van der Waals surface area (Å²) >= 11 is 0. The van der Waals surface area contributed by atoms with Gasteiger partial charge in [-0.2, -0.15) is 0 Å². The van der Waals surface area contributed by atoms with E-state index in [0.29, 0.717) is 11.3 Å². The molecule has 1 amide bonds. The number of nitrogens with one attached hydrogen (secondary N) is 1. The molecule has 1 aliphatic rings. The molecule has 0 aromatic heterocycles. The lowest BCUT2D eigenvalue weighted by molar-refractivity contribution is 0.0828. The van der Waals surface area contributed by atoms with E-state index in [1.807, 2.05) is 6.07 Å². The quantitative estimate of drug-likeness (QED) is 0.735. The minimum absolute atomic E-state index is 0.0386. The van der Waals surface area contributed by atoms with Gasteiger partial charge < -0.3 is 21.1 Å². The Balaban J connectivity index is 2.17. The first kappa shape index (κ1) is 14.7. The Morgan fingerprint density at radius 1 is 1.30 bits per heavy atom. The zero-order chi connectivity index (χ0) is 14.7. The normalized spacial score (nSPS) is 22.4. The molecule has 0 saturated heterocycles. The third-order valence-electron chi connectivity index (χ3n) is 3.74. The maximum absolute atomic E-state index is 12.2. The lowest BCUT2D eigenvalue weighted by Gasteiger charge is -2.28. The van der Waals surface area contributed by atoms with E-state index in [4.69, 9.17) is 5.73 Å². The lowest BCUT2D eigenvalue weighted by atomic mass is 9.92. The predicted molar refractivity (Wildman–Crippen MR) is 80.8 cm³/mol. The number of nitrogen functional groups attached to an aromatic ring is 1. The number of hydrogen-bond acceptors (Lipinski definition) is 4. The van der Waals surface area contributed by atoms with E-state index >= 15 is 0 Å². The van der Waals surface area contributed by atoms with Crippen LogP contribution in [-0.4, -0.2) is 42.2 Å². The van der Waals surface area contributed by atoms with Gasteiger partial charge in [0.2, 0.25) is 0 Å². The number of amides is 1. The number of anilines is 2. The molecule has 0 spiro atoms. The van der Waals surface area contributed by atoms with Gasteiger partial charge in [-0.1, -0.05) is 0 Å². The van der Waals surface area contributed by atoms with Gasteiger partial charge in [0.1, 0.15) is 0 Å². The fourth-order valence-electron chi connectivity index (χ4n) is 2.55. The standard InChI is InChI=1S/C15H23N3O2/c1-18(2)15(20)13-8-3-10(16)9-14(13)17-11-4-6-12(19)7-5-11/h3,8-9,11-12,17,19H,4-7,16H2,1-2H3. The summed E-state index contributed by atoms with van der Waals surface area (Å²) in [5, 5.41) is 13.0. The Bertz CT molecular complexity index is 480. The number of aliphatic hydroxyl groups is 1. The lowest BCUT2D eigenvalue weighted by Crippen LogP contribution is -2.30. The predicted octanol–water partition coefficient (Wildman–Crippen LogP) is 1.69. The first-order valence-corrected chi connectivity index (χ1v) is 7.03. The zero-order valence-electron chi connectivity index (χ0n) is 12.1. The summed E-state index contributed by atoms with van der Waals surface area (Å²) in [6.45, 7) is 0. The Kier molecular flexibility index (Phi) is 4.49. The molecule has 20 heavy (non-hydrogen) atoms. The molecule has 0 radical (unpaired) electrons. The van der Waals surface area contributed by atoms with Crippen LogP contribution in [0.1, 0.15) is 36.0 Å². The maximum atomic E-state index is 12.2. The van der Waals surface area contributed by atoms with Crippen LogP contribution in [0.3, 0.4) is 0 Å². The molecule has 0 heterocycles. The van der Waals surface area contributed by atoms with E-state index < -0.39 is 0 Å². The number of carbonyl (C=O) groups excluding carboxylic acids is 1. The number of carbonyl (C=O) groups is 1. The largest absolute Gasteiger partial charge is 0.399 e. The Labute approximate surface area is 119 Å². The van der Waals surface area contributed by atoms with Gasteiger partial charge in [-0.25, -0.2) is 0 Å². The fourth-order valence-corrected chi connectivity index (χ4v) is 2.55. The van der Waals surface area contributed by atoms with E-state index in [-0.39, 0.29) is 18.1 Å². The van der Waals surface area contributed by atoms with Crippen molar-refractivity contribution in [1.29, 1.82) is 0 Å². The van der Waals surface area contributed by atoms with E-state index in [1.165, 1.54) is 0 Å². The summed E-state index contributed by atoms with van der Waals surface area (Å²) < 4.78 is 0. The Hall–Kier alpha value is -1.75. The molecule has 4 N–H and O–H groups in total. The second kappa shape index (κ2) is 6.13. The average Bonchev–Trinajstić information content (AvgIpc) is 2.41. The third kappa shape index (κ3) is 3.42. The first-order valence-electron chi connectivity index (χ1n) is 7.03. The molecule has 1 aromatic rings. The zero-order valence-corrected chi connectivity index (χ0v) is 12.1. The van der Waals surface area contributed by atoms with Crippen LogP contribution in [0.5, 0.6) is 0 Å². The van der Waals surface area contributed by atoms with Crippen molar-refractivity contribution in [2.75, 3.05) is 25.1 Å². The molecule has 0 unspecified atom stereocenters. The smallest absolute Gasteiger partial charge is 0.255 e. The van der Waals surface area contributed by atoms with Gasteiger partial charge in [0, 0.05) is 31.5 Å². The number of aliphatic hydroxyl groups excluding tert-OH is 1. The van der Waals surface area contributed by atoms with Crippen molar-refractivity contribution in [3.05, 3.63) is 23.8 Å². The van der Waals surface area contributed by atoms with E-state index in [0.717, 1.165) is 31.4 Å². The summed E-state index contributed by atoms with van der Waals surface area (Å²) in [5.74, 6) is -0.0386. The number of nitrogens with zero attached hydrogens (tertiary/aromatic N) is 1. The van der Waals surface area contributed by atoms with E-state index in [2.05, 4.69) is 5.32 Å². The Morgan fingerprint density at radius 3 is 2.55 bits per heavy atom. The van der Waals surface area contributed by atoms with Gasteiger partial charge in [0.05, 0.1) is 11.7 Å². The fraction of sp³-hybridized carbons (Fsp3) is 0.533. The molecule has 5 nitrogen and oxygen atoms in total. The van der Waals surface area contributed by atoms with Crippen molar-refractivity contribution in [3.63, 3.8) is 0 Å². The van der Waals surface area contributed by atoms with Gasteiger partial charge >= 0.3 is 0 Å². The molecule has 0 atom stereocenters. The highest BCUT2D eigenvalue weighted by atomic mass is 16.3. The molecule has 1 saturated carbocycles. The molecule has 1 aromatic carbocycles. The van der Waals surface area contributed by atoms with Gasteiger partial charge in [-0.3, -0.25) is 4.79 Å². The van der Waals surface area contributed by atoms with Crippen LogP contribution in [0.25, 0.3) is 0 Å². The van der Waals surface area contributed by atoms with Crippen LogP contribution in [0, 0.1) is 0 Å². The number of benzene rings is 1. The number of nitrogens with two attached hydrogens (primary N) is 1. The topological polar surface area (TPSA) is 78.6 Å². The van der Waals surface area contributed by atoms with Crippen LogP contribution in [-0.2, 0) is 0 Å². The molecule has 5 heteroatoms. The van der Waals surface area contributed by atoms with Crippen LogP contribution < -0.4 is 11.1 Å². The molecule has 1 aliphatic carbocycles. The monoisotopic (exact) mass is 277 g/mol. The summed E-state index contributed by atoms with van der Waals surface area (Å²) in [7, 11) is 3.47. The summed E-state index contributed by atoms with van der Waals surface area (Å²) in [4.78, 5) is 13.7. The van der Waals surface area contributed by atoms with Crippen molar-refractivity contribution in [2.45, 2.75) is 37.8 Å². The van der Waals surface area contributed by atoms with Gasteiger partial charge in [-0.05, 0) is 43.9 Å². The highest BCUT2D eigenvalue weighted by Crippen LogP contribution is 2.26. The second-order valence-electron chi connectivity index (χ2n) is 5.65. The van der Waals surface area contributed by atoms with Crippen molar-refractivity contribution < 1.29 is 9.90 Å². The molecule has 1 fully saturated rings. The minimum Gasteiger partial charge on any atom is -0.399 e. The van der Waals surface area contributed by atoms with Gasteiger partial charge in [0.25, 0.3) is 5.91 Å². The molecule has 2 rings (SSSR count). The summed E-state index contributed by atoms with van der Waals surface area (Å²) in [6, 6.07) is 5.60.